The number of carbonyl (C=O) groups is 2. The van der Waals surface area contributed by atoms with Gasteiger partial charge in [-0.25, -0.2) is 9.59 Å². The van der Waals surface area contributed by atoms with Crippen LogP contribution in [-0.4, -0.2) is 88.1 Å². The van der Waals surface area contributed by atoms with E-state index in [4.69, 9.17) is 29.8 Å². The molecule has 0 atom stereocenters. The summed E-state index contributed by atoms with van der Waals surface area (Å²) in [6.07, 6.45) is 12.7. The number of aromatic hydroxyl groups is 2. The number of hydrogen-bond donors (Lipinski definition) is 4. The Hall–Kier alpha value is -3.09. The Bertz CT molecular complexity index is 1960. The van der Waals surface area contributed by atoms with Gasteiger partial charge >= 0.3 is 11.9 Å². The van der Waals surface area contributed by atoms with Crippen LogP contribution in [-0.2, 0) is 39.2 Å². The van der Waals surface area contributed by atoms with E-state index in [1.54, 1.807) is 12.4 Å². The third-order valence-corrected chi connectivity index (χ3v) is 29.5. The minimum Gasteiger partial charge on any atom is -0.507 e. The first-order valence-corrected chi connectivity index (χ1v) is 27.9. The molecule has 8 nitrogen and oxygen atoms in total. The number of rotatable bonds is 14. The molecule has 0 saturated heterocycles. The fraction of sp³-hybridized carbons (Fsp3) is 0.596. The van der Waals surface area contributed by atoms with Crippen LogP contribution in [0.1, 0.15) is 184 Å². The monoisotopic (exact) mass is 1020 g/mol. The Labute approximate surface area is 426 Å². The van der Waals surface area contributed by atoms with E-state index >= 15 is 0 Å². The molecule has 0 bridgehead atoms. The van der Waals surface area contributed by atoms with Crippen LogP contribution >= 0.6 is 14.5 Å². The summed E-state index contributed by atoms with van der Waals surface area (Å²) in [5, 5.41) is 38.7. The van der Waals surface area contributed by atoms with Crippen molar-refractivity contribution in [3.63, 3.8) is 0 Å². The Morgan fingerprint density at radius 2 is 0.765 bits per heavy atom. The van der Waals surface area contributed by atoms with E-state index in [2.05, 4.69) is 149 Å². The third kappa shape index (κ3) is 15.7. The number of hydrogen-bond acceptors (Lipinski definition) is 6. The molecule has 0 spiro atoms. The Morgan fingerprint density at radius 3 is 1.00 bits per heavy atom. The smallest absolute Gasteiger partial charge is 0.414 e. The molecule has 4 N–H and O–H groups in total. The van der Waals surface area contributed by atoms with E-state index in [1.807, 2.05) is 38.1 Å². The van der Waals surface area contributed by atoms with E-state index in [-0.39, 0.29) is 66.6 Å². The molecule has 0 fully saturated rings. The SMILES string of the molecule is Cc1cc(CCCC[P+](C(C)(C)C)(C(C)(C)C)C(C)(C)C)cc(C=Nc2ccccc2N=Cc2cc(CCCC[P+](C(C)(C)C)(C(C)(C)C)C(C)(C)C)cc(C)c2O)c1O.O=C(O)C(=O)O.[CH3-].[Co]. The average Bonchev–Trinajstić information content (AvgIpc) is 3.13. The van der Waals surface area contributed by atoms with Crippen molar-refractivity contribution < 1.29 is 46.8 Å². The van der Waals surface area contributed by atoms with Crippen molar-refractivity contribution in [1.29, 1.82) is 0 Å². The van der Waals surface area contributed by atoms with Gasteiger partial charge in [-0.05, 0) is 224 Å². The van der Waals surface area contributed by atoms with E-state index in [1.165, 1.54) is 36.3 Å². The maximum absolute atomic E-state index is 11.1. The molecule has 385 valence electrons. The minimum atomic E-state index is -1.82. The number of carboxylic acid groups (broad SMARTS) is 2. The van der Waals surface area contributed by atoms with Gasteiger partial charge in [-0.15, -0.1) is 0 Å². The molecular weight excluding hydrogens is 930 g/mol. The first-order chi connectivity index (χ1) is 29.9. The van der Waals surface area contributed by atoms with Crippen molar-refractivity contribution in [3.8, 4) is 11.5 Å². The van der Waals surface area contributed by atoms with Crippen LogP contribution in [0.2, 0.25) is 0 Å². The number of phenols is 2. The number of aliphatic imine (C=N–C) groups is 2. The molecule has 0 unspecified atom stereocenters. The predicted octanol–water partition coefficient (Wildman–Crippen LogP) is 16.3. The fourth-order valence-corrected chi connectivity index (χ4v) is 30.1. The number of benzene rings is 3. The number of para-hydroxylation sites is 2. The molecule has 11 heteroatoms. The van der Waals surface area contributed by atoms with Crippen molar-refractivity contribution in [2.75, 3.05) is 12.3 Å². The van der Waals surface area contributed by atoms with Crippen molar-refractivity contribution in [1.82, 2.24) is 0 Å². The molecule has 0 aliphatic carbocycles. The summed E-state index contributed by atoms with van der Waals surface area (Å²) in [4.78, 5) is 27.9. The van der Waals surface area contributed by atoms with Crippen molar-refractivity contribution >= 4 is 50.3 Å². The summed E-state index contributed by atoms with van der Waals surface area (Å²) in [6, 6.07) is 16.3. The van der Waals surface area contributed by atoms with Crippen LogP contribution in [0.4, 0.5) is 11.4 Å². The van der Waals surface area contributed by atoms with Gasteiger partial charge in [-0.3, -0.25) is 9.98 Å². The zero-order valence-corrected chi connectivity index (χ0v) is 49.0. The van der Waals surface area contributed by atoms with Gasteiger partial charge < -0.3 is 27.9 Å². The molecule has 3 aromatic rings. The van der Waals surface area contributed by atoms with Gasteiger partial charge in [-0.1, -0.05) is 24.3 Å². The normalized spacial score (nSPS) is 13.2. The largest absolute Gasteiger partial charge is 0.507 e. The number of carboxylic acids is 2. The van der Waals surface area contributed by atoms with Crippen LogP contribution in [0.25, 0.3) is 0 Å². The molecule has 1 radical (unpaired) electrons. The molecule has 0 aliphatic rings. The van der Waals surface area contributed by atoms with E-state index in [9.17, 15) is 10.2 Å². The van der Waals surface area contributed by atoms with Crippen molar-refractivity contribution in [2.24, 2.45) is 9.98 Å². The zero-order chi connectivity index (χ0) is 51.1. The standard InChI is InChI=1S/C54H86N2O2P2.C2H2O4.CH3.Co/c1-39-33-41(27-23-25-31-59(49(3,4)5,50(6,7)8)51(9,10)11)35-43(47(39)57)37-55-45-29-21-22-30-46(45)56-38-44-36-42(34-40(2)48(44)58)28-24-26-32-60(52(12,13)14,53(15,16)17)54(18,19)20;3-1(4)2(5)6;;/h21-22,29-30,33-38H,23-28,31-32H2,1-20H3;(H,3,4)(H,5,6);1H3;/q;;-1;/p+2. The van der Waals surface area contributed by atoms with Crippen LogP contribution < -0.4 is 0 Å². The predicted molar refractivity (Wildman–Crippen MR) is 296 cm³/mol. The van der Waals surface area contributed by atoms with Crippen LogP contribution in [0.15, 0.2) is 58.5 Å². The van der Waals surface area contributed by atoms with E-state index < -0.39 is 26.5 Å². The van der Waals surface area contributed by atoms with Gasteiger partial charge in [0.25, 0.3) is 0 Å². The average molecular weight is 1020 g/mol. The van der Waals surface area contributed by atoms with Gasteiger partial charge in [0.2, 0.25) is 0 Å². The van der Waals surface area contributed by atoms with Crippen LogP contribution in [0.3, 0.4) is 0 Å². The molecule has 0 saturated carbocycles. The maximum Gasteiger partial charge on any atom is 0.414 e. The molecule has 68 heavy (non-hydrogen) atoms. The summed E-state index contributed by atoms with van der Waals surface area (Å²) in [5.41, 5.74) is 7.05. The van der Waals surface area contributed by atoms with Crippen LogP contribution in [0.5, 0.6) is 11.5 Å². The van der Waals surface area contributed by atoms with Gasteiger partial charge in [-0.2, -0.15) is 0 Å². The molecule has 3 aromatic carbocycles. The summed E-state index contributed by atoms with van der Waals surface area (Å²) < 4.78 is 0. The van der Waals surface area contributed by atoms with Crippen molar-refractivity contribution in [2.45, 2.75) is 208 Å². The molecule has 0 heterocycles. The second-order valence-electron chi connectivity index (χ2n) is 24.3. The van der Waals surface area contributed by atoms with Gasteiger partial charge in [0, 0.05) is 54.9 Å². The van der Waals surface area contributed by atoms with Gasteiger partial charge in [0.1, 0.15) is 11.5 Å². The maximum atomic E-state index is 11.1. The van der Waals surface area contributed by atoms with Gasteiger partial charge in [0.15, 0.2) is 0 Å². The quantitative estimate of drug-likeness (QED) is 0.0417. The second-order valence-corrected chi connectivity index (χ2v) is 36.5. The number of aliphatic carboxylic acids is 2. The first kappa shape index (κ1) is 64.9. The Kier molecular flexibility index (Phi) is 23.7. The molecule has 0 aromatic heterocycles. The number of aryl methyl sites for hydroxylation is 4. The second kappa shape index (κ2) is 24.8. The Balaban J connectivity index is 0.00000525. The summed E-state index contributed by atoms with van der Waals surface area (Å²) >= 11 is 0. The Morgan fingerprint density at radius 1 is 0.500 bits per heavy atom. The summed E-state index contributed by atoms with van der Waals surface area (Å²) in [6.45, 7) is 48.4. The number of phenolic OH excluding ortho intramolecular Hbond substituents is 2. The summed E-state index contributed by atoms with van der Waals surface area (Å²) in [7, 11) is -2.78. The first-order valence-electron chi connectivity index (χ1n) is 23.9. The molecule has 0 aliphatic heterocycles. The number of nitrogens with zero attached hydrogens (tertiary/aromatic N) is 2. The molecule has 3 rings (SSSR count). The topological polar surface area (TPSA) is 140 Å². The summed E-state index contributed by atoms with van der Waals surface area (Å²) in [5.74, 6) is -3.12. The van der Waals surface area contributed by atoms with E-state index in [0.717, 1.165) is 47.9 Å². The van der Waals surface area contributed by atoms with Gasteiger partial charge in [0.05, 0.1) is 54.6 Å². The number of unbranched alkanes of at least 4 members (excludes halogenated alkanes) is 2. The van der Waals surface area contributed by atoms with Crippen LogP contribution in [0, 0.1) is 21.3 Å². The minimum absolute atomic E-state index is 0. The fourth-order valence-electron chi connectivity index (χ4n) is 12.6. The van der Waals surface area contributed by atoms with E-state index in [0.29, 0.717) is 11.4 Å². The zero-order valence-electron chi connectivity index (χ0n) is 46.2. The van der Waals surface area contributed by atoms with Crippen molar-refractivity contribution in [3.05, 3.63) is 89.3 Å². The third-order valence-electron chi connectivity index (χ3n) is 13.8. The molecule has 0 amide bonds. The molecular formula is C57H93CoN2O6P2+.